The molecule has 4 rings (SSSR count). The minimum Gasteiger partial charge on any atom is -0.461 e. The van der Waals surface area contributed by atoms with Crippen LogP contribution in [-0.2, 0) is 9.53 Å². The maximum Gasteiger partial charge on any atom is 0.256 e. The zero-order valence-electron chi connectivity index (χ0n) is 14.3. The van der Waals surface area contributed by atoms with Crippen LogP contribution in [0, 0.1) is 6.92 Å². The van der Waals surface area contributed by atoms with Gasteiger partial charge in [0.05, 0.1) is 5.56 Å². The van der Waals surface area contributed by atoms with Crippen LogP contribution in [0.2, 0.25) is 0 Å². The van der Waals surface area contributed by atoms with E-state index in [-0.39, 0.29) is 17.9 Å². The molecule has 1 unspecified atom stereocenters. The molecule has 1 aromatic carbocycles. The number of nitrogens with zero attached hydrogens (tertiary/aromatic N) is 1. The molecule has 132 valence electrons. The van der Waals surface area contributed by atoms with Gasteiger partial charge in [-0.3, -0.25) is 9.59 Å². The predicted octanol–water partition coefficient (Wildman–Crippen LogP) is 2.25. The number of carbonyl (C=O) groups excluding carboxylic acids is 2. The summed E-state index contributed by atoms with van der Waals surface area (Å²) in [6.45, 7) is 3.87. The molecule has 0 bridgehead atoms. The van der Waals surface area contributed by atoms with Crippen LogP contribution in [0.1, 0.15) is 35.4 Å². The molecule has 6 heteroatoms. The van der Waals surface area contributed by atoms with Crippen molar-refractivity contribution >= 4 is 22.8 Å². The lowest BCUT2D eigenvalue weighted by Crippen LogP contribution is -2.46. The first-order chi connectivity index (χ1) is 12.1. The number of carbonyl (C=O) groups is 2. The van der Waals surface area contributed by atoms with Crippen molar-refractivity contribution in [2.75, 3.05) is 19.8 Å². The molecule has 0 aliphatic carbocycles. The van der Waals surface area contributed by atoms with Gasteiger partial charge < -0.3 is 19.4 Å². The third-order valence-electron chi connectivity index (χ3n) is 5.18. The van der Waals surface area contributed by atoms with E-state index < -0.39 is 6.04 Å². The molecule has 0 radical (unpaired) electrons. The van der Waals surface area contributed by atoms with Gasteiger partial charge in [0.2, 0.25) is 5.91 Å². The van der Waals surface area contributed by atoms with Gasteiger partial charge in [-0.1, -0.05) is 18.2 Å². The van der Waals surface area contributed by atoms with Gasteiger partial charge in [0.1, 0.15) is 17.4 Å². The van der Waals surface area contributed by atoms with Crippen LogP contribution in [0.3, 0.4) is 0 Å². The largest absolute Gasteiger partial charge is 0.461 e. The SMILES string of the molecule is Cc1oc2ccccc2c1C(=O)NC1CCN(C2CCOCC2)C1=O. The first-order valence-electron chi connectivity index (χ1n) is 8.82. The summed E-state index contributed by atoms with van der Waals surface area (Å²) in [6.07, 6.45) is 2.40. The van der Waals surface area contributed by atoms with E-state index in [1.165, 1.54) is 0 Å². The summed E-state index contributed by atoms with van der Waals surface area (Å²) in [4.78, 5) is 27.4. The quantitative estimate of drug-likeness (QED) is 0.929. The van der Waals surface area contributed by atoms with Crippen LogP contribution in [0.25, 0.3) is 11.0 Å². The highest BCUT2D eigenvalue weighted by atomic mass is 16.5. The minimum absolute atomic E-state index is 0.0192. The van der Waals surface area contributed by atoms with E-state index in [0.29, 0.717) is 43.1 Å². The Morgan fingerprint density at radius 1 is 1.20 bits per heavy atom. The van der Waals surface area contributed by atoms with Crippen LogP contribution in [0.5, 0.6) is 0 Å². The number of para-hydroxylation sites is 1. The molecule has 2 saturated heterocycles. The van der Waals surface area contributed by atoms with Gasteiger partial charge >= 0.3 is 0 Å². The van der Waals surface area contributed by atoms with E-state index in [1.807, 2.05) is 29.2 Å². The molecule has 2 aliphatic heterocycles. The lowest BCUT2D eigenvalue weighted by atomic mass is 10.1. The van der Waals surface area contributed by atoms with Gasteiger partial charge in [0.25, 0.3) is 5.91 Å². The molecule has 1 atom stereocenters. The fourth-order valence-electron chi connectivity index (χ4n) is 3.88. The Labute approximate surface area is 146 Å². The van der Waals surface area contributed by atoms with Crippen LogP contribution in [-0.4, -0.2) is 48.6 Å². The first-order valence-corrected chi connectivity index (χ1v) is 8.82. The Hall–Kier alpha value is -2.34. The minimum atomic E-state index is -0.455. The van der Waals surface area contributed by atoms with Crippen molar-refractivity contribution in [1.29, 1.82) is 0 Å². The Morgan fingerprint density at radius 2 is 1.96 bits per heavy atom. The van der Waals surface area contributed by atoms with Gasteiger partial charge in [0, 0.05) is 31.2 Å². The summed E-state index contributed by atoms with van der Waals surface area (Å²) in [7, 11) is 0. The molecule has 2 aromatic rings. The number of rotatable bonds is 3. The molecule has 1 aromatic heterocycles. The number of hydrogen-bond donors (Lipinski definition) is 1. The highest BCUT2D eigenvalue weighted by Crippen LogP contribution is 2.26. The number of aryl methyl sites for hydroxylation is 1. The van der Waals surface area contributed by atoms with Crippen LogP contribution in [0.15, 0.2) is 28.7 Å². The van der Waals surface area contributed by atoms with Crippen molar-refractivity contribution in [3.05, 3.63) is 35.6 Å². The highest BCUT2D eigenvalue weighted by molar-refractivity contribution is 6.08. The fourth-order valence-corrected chi connectivity index (χ4v) is 3.88. The molecule has 2 fully saturated rings. The standard InChI is InChI=1S/C19H22N2O4/c1-12-17(14-4-2-3-5-16(14)25-12)18(22)20-15-6-9-21(19(15)23)13-7-10-24-11-8-13/h2-5,13,15H,6-11H2,1H3,(H,20,22). The van der Waals surface area contributed by atoms with Crippen molar-refractivity contribution in [2.24, 2.45) is 0 Å². The number of amides is 2. The Balaban J connectivity index is 1.49. The van der Waals surface area contributed by atoms with E-state index in [2.05, 4.69) is 5.32 Å². The van der Waals surface area contributed by atoms with Crippen LogP contribution in [0.4, 0.5) is 0 Å². The first kappa shape index (κ1) is 16.1. The molecule has 1 N–H and O–H groups in total. The van der Waals surface area contributed by atoms with E-state index in [4.69, 9.17) is 9.15 Å². The summed E-state index contributed by atoms with van der Waals surface area (Å²) < 4.78 is 11.0. The fraction of sp³-hybridized carbons (Fsp3) is 0.474. The molecular weight excluding hydrogens is 320 g/mol. The molecular formula is C19H22N2O4. The van der Waals surface area contributed by atoms with Crippen molar-refractivity contribution < 1.29 is 18.7 Å². The average molecular weight is 342 g/mol. The molecule has 2 aliphatic rings. The maximum atomic E-state index is 12.8. The average Bonchev–Trinajstić information content (AvgIpc) is 3.15. The number of hydrogen-bond acceptors (Lipinski definition) is 4. The summed E-state index contributed by atoms with van der Waals surface area (Å²) in [5.74, 6) is 0.353. The monoisotopic (exact) mass is 342 g/mol. The summed E-state index contributed by atoms with van der Waals surface area (Å²) >= 11 is 0. The van der Waals surface area contributed by atoms with Gasteiger partial charge in [0.15, 0.2) is 0 Å². The van der Waals surface area contributed by atoms with Crippen molar-refractivity contribution in [2.45, 2.75) is 38.3 Å². The summed E-state index contributed by atoms with van der Waals surface area (Å²) in [5.41, 5.74) is 1.21. The van der Waals surface area contributed by atoms with Gasteiger partial charge in [-0.05, 0) is 32.3 Å². The third-order valence-corrected chi connectivity index (χ3v) is 5.18. The lowest BCUT2D eigenvalue weighted by molar-refractivity contribution is -0.132. The Bertz CT molecular complexity index is 807. The second-order valence-electron chi connectivity index (χ2n) is 6.72. The normalized spacial score (nSPS) is 21.9. The molecule has 0 spiro atoms. The third kappa shape index (κ3) is 2.91. The number of likely N-dealkylation sites (tertiary alicyclic amines) is 1. The van der Waals surface area contributed by atoms with Crippen LogP contribution >= 0.6 is 0 Å². The molecule has 6 nitrogen and oxygen atoms in total. The predicted molar refractivity (Wildman–Crippen MR) is 92.4 cm³/mol. The van der Waals surface area contributed by atoms with Crippen molar-refractivity contribution in [1.82, 2.24) is 10.2 Å². The topological polar surface area (TPSA) is 71.8 Å². The van der Waals surface area contributed by atoms with Crippen molar-refractivity contribution in [3.8, 4) is 0 Å². The van der Waals surface area contributed by atoms with Gasteiger partial charge in [-0.25, -0.2) is 0 Å². The molecule has 0 saturated carbocycles. The second-order valence-corrected chi connectivity index (χ2v) is 6.72. The summed E-state index contributed by atoms with van der Waals surface area (Å²) in [5, 5.41) is 3.69. The Kier molecular flexibility index (Phi) is 4.21. The van der Waals surface area contributed by atoms with E-state index in [9.17, 15) is 9.59 Å². The zero-order valence-corrected chi connectivity index (χ0v) is 14.3. The number of nitrogens with one attached hydrogen (secondary N) is 1. The van der Waals surface area contributed by atoms with Crippen molar-refractivity contribution in [3.63, 3.8) is 0 Å². The Morgan fingerprint density at radius 3 is 2.76 bits per heavy atom. The highest BCUT2D eigenvalue weighted by Gasteiger charge is 2.37. The molecule has 2 amide bonds. The lowest BCUT2D eigenvalue weighted by Gasteiger charge is -2.31. The number of fused-ring (bicyclic) bond motifs is 1. The van der Waals surface area contributed by atoms with Gasteiger partial charge in [-0.2, -0.15) is 0 Å². The van der Waals surface area contributed by atoms with E-state index >= 15 is 0 Å². The second kappa shape index (κ2) is 6.52. The molecule has 25 heavy (non-hydrogen) atoms. The molecule has 3 heterocycles. The zero-order chi connectivity index (χ0) is 17.4. The maximum absolute atomic E-state index is 12.8. The van der Waals surface area contributed by atoms with Gasteiger partial charge in [-0.15, -0.1) is 0 Å². The van der Waals surface area contributed by atoms with Crippen LogP contribution < -0.4 is 5.32 Å². The number of furan rings is 1. The number of ether oxygens (including phenoxy) is 1. The number of benzene rings is 1. The van der Waals surface area contributed by atoms with E-state index in [0.717, 1.165) is 18.2 Å². The smallest absolute Gasteiger partial charge is 0.256 e. The van der Waals surface area contributed by atoms with E-state index in [1.54, 1.807) is 6.92 Å². The summed E-state index contributed by atoms with van der Waals surface area (Å²) in [6, 6.07) is 7.24.